The van der Waals surface area contributed by atoms with Crippen molar-refractivity contribution in [1.82, 2.24) is 14.9 Å². The molecule has 1 N–H and O–H groups in total. The first kappa shape index (κ1) is 21.3. The second-order valence-electron chi connectivity index (χ2n) is 8.00. The van der Waals surface area contributed by atoms with Crippen molar-refractivity contribution in [1.29, 1.82) is 0 Å². The van der Waals surface area contributed by atoms with Gasteiger partial charge in [-0.2, -0.15) is 0 Å². The molecule has 0 bridgehead atoms. The highest BCUT2D eigenvalue weighted by Gasteiger charge is 2.17. The Morgan fingerprint density at radius 3 is 2.57 bits per heavy atom. The molecule has 1 aromatic heterocycles. The fourth-order valence-electron chi connectivity index (χ4n) is 4.11. The lowest BCUT2D eigenvalue weighted by Gasteiger charge is -2.21. The third-order valence-corrected chi connectivity index (χ3v) is 6.87. The van der Waals surface area contributed by atoms with E-state index in [0.29, 0.717) is 23.4 Å². The number of imidazole rings is 1. The van der Waals surface area contributed by atoms with Gasteiger partial charge in [0.25, 0.3) is 0 Å². The average Bonchev–Trinajstić information content (AvgIpc) is 3.05. The standard InChI is InChI=1S/C24H28ClN3OS/c25-19-13-14-22-21(15-19)27-24(28(22)16-18-9-5-4-6-10-18)30-17-23(29)26-20-11-7-2-1-3-8-12-20/h4-6,9-10,13-15,20H,1-3,7-8,11-12,16-17H2,(H,26,29). The topological polar surface area (TPSA) is 46.9 Å². The smallest absolute Gasteiger partial charge is 0.230 e. The molecule has 6 heteroatoms. The minimum absolute atomic E-state index is 0.0990. The van der Waals surface area contributed by atoms with Crippen molar-refractivity contribution in [3.63, 3.8) is 0 Å². The van der Waals surface area contributed by atoms with Gasteiger partial charge in [-0.3, -0.25) is 4.79 Å². The summed E-state index contributed by atoms with van der Waals surface area (Å²) in [7, 11) is 0. The van der Waals surface area contributed by atoms with E-state index in [4.69, 9.17) is 16.6 Å². The van der Waals surface area contributed by atoms with Gasteiger partial charge < -0.3 is 9.88 Å². The van der Waals surface area contributed by atoms with Crippen LogP contribution >= 0.6 is 23.4 Å². The van der Waals surface area contributed by atoms with Crippen LogP contribution in [0.1, 0.15) is 50.5 Å². The molecular weight excluding hydrogens is 414 g/mol. The van der Waals surface area contributed by atoms with Gasteiger partial charge in [-0.15, -0.1) is 0 Å². The SMILES string of the molecule is O=C(CSc1nc2cc(Cl)ccc2n1Cc1ccccc1)NC1CCCCCCC1. The van der Waals surface area contributed by atoms with Gasteiger partial charge in [0.15, 0.2) is 5.16 Å². The largest absolute Gasteiger partial charge is 0.353 e. The molecule has 2 aromatic carbocycles. The number of hydrogen-bond donors (Lipinski definition) is 1. The number of amides is 1. The van der Waals surface area contributed by atoms with Crippen LogP contribution in [-0.2, 0) is 11.3 Å². The van der Waals surface area contributed by atoms with Crippen molar-refractivity contribution >= 4 is 40.3 Å². The molecule has 0 atom stereocenters. The molecule has 1 aliphatic rings. The van der Waals surface area contributed by atoms with Crippen LogP contribution in [0.2, 0.25) is 5.02 Å². The summed E-state index contributed by atoms with van der Waals surface area (Å²) >= 11 is 7.68. The molecular formula is C24H28ClN3OS. The molecule has 1 saturated carbocycles. The molecule has 0 saturated heterocycles. The van der Waals surface area contributed by atoms with E-state index in [1.165, 1.54) is 49.4 Å². The quantitative estimate of drug-likeness (QED) is 0.473. The predicted molar refractivity (Wildman–Crippen MR) is 125 cm³/mol. The summed E-state index contributed by atoms with van der Waals surface area (Å²) in [5.74, 6) is 0.476. The van der Waals surface area contributed by atoms with Crippen LogP contribution in [-0.4, -0.2) is 27.3 Å². The maximum absolute atomic E-state index is 12.6. The van der Waals surface area contributed by atoms with E-state index in [9.17, 15) is 4.79 Å². The van der Waals surface area contributed by atoms with Gasteiger partial charge in [0.2, 0.25) is 5.91 Å². The first-order chi connectivity index (χ1) is 14.7. The van der Waals surface area contributed by atoms with Gasteiger partial charge in [0.1, 0.15) is 0 Å². The number of nitrogens with one attached hydrogen (secondary N) is 1. The Kier molecular flexibility index (Phi) is 7.34. The summed E-state index contributed by atoms with van der Waals surface area (Å²) in [6.45, 7) is 0.714. The van der Waals surface area contributed by atoms with Gasteiger partial charge in [0.05, 0.1) is 23.3 Å². The summed E-state index contributed by atoms with van der Waals surface area (Å²) in [6, 6.07) is 16.4. The van der Waals surface area contributed by atoms with Crippen LogP contribution in [0.25, 0.3) is 11.0 Å². The molecule has 1 aliphatic carbocycles. The lowest BCUT2D eigenvalue weighted by molar-refractivity contribution is -0.119. The lowest BCUT2D eigenvalue weighted by Crippen LogP contribution is -2.36. The molecule has 0 spiro atoms. The van der Waals surface area contributed by atoms with E-state index in [-0.39, 0.29) is 5.91 Å². The van der Waals surface area contributed by atoms with Crippen LogP contribution in [0.5, 0.6) is 0 Å². The van der Waals surface area contributed by atoms with E-state index in [2.05, 4.69) is 22.0 Å². The minimum atomic E-state index is 0.0990. The van der Waals surface area contributed by atoms with Crippen molar-refractivity contribution in [2.45, 2.75) is 62.7 Å². The van der Waals surface area contributed by atoms with Gasteiger partial charge >= 0.3 is 0 Å². The fraction of sp³-hybridized carbons (Fsp3) is 0.417. The summed E-state index contributed by atoms with van der Waals surface area (Å²) in [5.41, 5.74) is 3.10. The Balaban J connectivity index is 1.47. The highest BCUT2D eigenvalue weighted by Crippen LogP contribution is 2.27. The van der Waals surface area contributed by atoms with Gasteiger partial charge in [-0.1, -0.05) is 85.8 Å². The number of hydrogen-bond acceptors (Lipinski definition) is 3. The number of rotatable bonds is 6. The number of aromatic nitrogens is 2. The molecule has 0 unspecified atom stereocenters. The molecule has 4 rings (SSSR count). The van der Waals surface area contributed by atoms with Crippen LogP contribution in [0, 0.1) is 0 Å². The van der Waals surface area contributed by atoms with E-state index >= 15 is 0 Å². The molecule has 4 nitrogen and oxygen atoms in total. The van der Waals surface area contributed by atoms with E-state index in [1.54, 1.807) is 0 Å². The average molecular weight is 442 g/mol. The number of thioether (sulfide) groups is 1. The lowest BCUT2D eigenvalue weighted by atomic mass is 9.97. The van der Waals surface area contributed by atoms with Gasteiger partial charge in [-0.05, 0) is 36.6 Å². The third kappa shape index (κ3) is 5.58. The Bertz CT molecular complexity index is 981. The first-order valence-electron chi connectivity index (χ1n) is 10.8. The van der Waals surface area contributed by atoms with Gasteiger partial charge in [-0.25, -0.2) is 4.98 Å². The summed E-state index contributed by atoms with van der Waals surface area (Å²) in [6.07, 6.45) is 8.53. The Morgan fingerprint density at radius 1 is 1.07 bits per heavy atom. The number of halogens is 1. The van der Waals surface area contributed by atoms with Crippen LogP contribution in [0.4, 0.5) is 0 Å². The molecule has 30 heavy (non-hydrogen) atoms. The molecule has 1 amide bonds. The zero-order chi connectivity index (χ0) is 20.8. The van der Waals surface area contributed by atoms with Crippen LogP contribution in [0.15, 0.2) is 53.7 Å². The van der Waals surface area contributed by atoms with Crippen LogP contribution in [0.3, 0.4) is 0 Å². The molecule has 0 radical (unpaired) electrons. The third-order valence-electron chi connectivity index (χ3n) is 5.66. The molecule has 1 heterocycles. The van der Waals surface area contributed by atoms with Crippen molar-refractivity contribution in [3.8, 4) is 0 Å². The number of benzene rings is 2. The highest BCUT2D eigenvalue weighted by molar-refractivity contribution is 7.99. The van der Waals surface area contributed by atoms with Gasteiger partial charge in [0, 0.05) is 11.1 Å². The number of fused-ring (bicyclic) bond motifs is 1. The molecule has 158 valence electrons. The number of carbonyl (C=O) groups is 1. The Morgan fingerprint density at radius 2 is 1.80 bits per heavy atom. The molecule has 0 aliphatic heterocycles. The number of nitrogens with zero attached hydrogens (tertiary/aromatic N) is 2. The molecule has 3 aromatic rings. The maximum atomic E-state index is 12.6. The highest BCUT2D eigenvalue weighted by atomic mass is 35.5. The number of carbonyl (C=O) groups excluding carboxylic acids is 1. The van der Waals surface area contributed by atoms with Crippen molar-refractivity contribution in [3.05, 3.63) is 59.1 Å². The first-order valence-corrected chi connectivity index (χ1v) is 12.2. The fourth-order valence-corrected chi connectivity index (χ4v) is 5.10. The maximum Gasteiger partial charge on any atom is 0.230 e. The summed E-state index contributed by atoms with van der Waals surface area (Å²) in [5, 5.41) is 4.77. The Hall–Kier alpha value is -1.98. The van der Waals surface area contributed by atoms with Crippen molar-refractivity contribution < 1.29 is 4.79 Å². The monoisotopic (exact) mass is 441 g/mol. The Labute approximate surface area is 187 Å². The van der Waals surface area contributed by atoms with Crippen molar-refractivity contribution in [2.24, 2.45) is 0 Å². The van der Waals surface area contributed by atoms with E-state index < -0.39 is 0 Å². The van der Waals surface area contributed by atoms with E-state index in [0.717, 1.165) is 29.0 Å². The van der Waals surface area contributed by atoms with Crippen molar-refractivity contribution in [2.75, 3.05) is 5.75 Å². The van der Waals surface area contributed by atoms with E-state index in [1.807, 2.05) is 36.4 Å². The zero-order valence-electron chi connectivity index (χ0n) is 17.1. The second kappa shape index (κ2) is 10.4. The predicted octanol–water partition coefficient (Wildman–Crippen LogP) is 6.06. The van der Waals surface area contributed by atoms with Crippen LogP contribution < -0.4 is 5.32 Å². The normalized spacial score (nSPS) is 15.6. The molecule has 1 fully saturated rings. The second-order valence-corrected chi connectivity index (χ2v) is 9.38. The summed E-state index contributed by atoms with van der Waals surface area (Å²) < 4.78 is 2.18. The minimum Gasteiger partial charge on any atom is -0.353 e. The summed E-state index contributed by atoms with van der Waals surface area (Å²) in [4.78, 5) is 17.4. The zero-order valence-corrected chi connectivity index (χ0v) is 18.7.